The Morgan fingerprint density at radius 3 is 3.27 bits per heavy atom. The molecule has 0 bridgehead atoms. The van der Waals surface area contributed by atoms with Gasteiger partial charge in [0, 0.05) is 18.7 Å². The van der Waals surface area contributed by atoms with Gasteiger partial charge in [0.05, 0.1) is 6.26 Å². The molecule has 1 aliphatic heterocycles. The summed E-state index contributed by atoms with van der Waals surface area (Å²) in [6, 6.07) is 3.81. The molecule has 4 heteroatoms. The highest BCUT2D eigenvalue weighted by molar-refractivity contribution is 7.99. The molecule has 1 fully saturated rings. The summed E-state index contributed by atoms with van der Waals surface area (Å²) in [5.41, 5.74) is 0. The third-order valence-electron chi connectivity index (χ3n) is 2.46. The van der Waals surface area contributed by atoms with Crippen molar-refractivity contribution in [1.82, 2.24) is 4.90 Å². The molecule has 0 unspecified atom stereocenters. The van der Waals surface area contributed by atoms with Crippen molar-refractivity contribution in [2.45, 2.75) is 25.1 Å². The minimum atomic E-state index is 0.0963. The zero-order valence-electron chi connectivity index (χ0n) is 8.81. The quantitative estimate of drug-likeness (QED) is 0.793. The van der Waals surface area contributed by atoms with Gasteiger partial charge in [0.2, 0.25) is 5.91 Å². The number of rotatable bonds is 3. The highest BCUT2D eigenvalue weighted by Crippen LogP contribution is 2.38. The van der Waals surface area contributed by atoms with E-state index in [0.29, 0.717) is 6.42 Å². The van der Waals surface area contributed by atoms with Crippen LogP contribution in [0.25, 0.3) is 0 Å². The second kappa shape index (κ2) is 4.75. The summed E-state index contributed by atoms with van der Waals surface area (Å²) in [7, 11) is 0. The number of hydrogen-bond donors (Lipinski definition) is 0. The Balaban J connectivity index is 2.08. The molecule has 0 aliphatic carbocycles. The number of furan rings is 1. The Labute approximate surface area is 93.8 Å². The highest BCUT2D eigenvalue weighted by atomic mass is 32.2. The van der Waals surface area contributed by atoms with Gasteiger partial charge in [-0.3, -0.25) is 4.79 Å². The van der Waals surface area contributed by atoms with Crippen molar-refractivity contribution < 1.29 is 9.21 Å². The first kappa shape index (κ1) is 10.6. The van der Waals surface area contributed by atoms with Crippen LogP contribution in [0.1, 0.15) is 30.9 Å². The van der Waals surface area contributed by atoms with Crippen molar-refractivity contribution in [1.29, 1.82) is 0 Å². The molecular weight excluding hydrogens is 210 g/mol. The Morgan fingerprint density at radius 2 is 2.60 bits per heavy atom. The van der Waals surface area contributed by atoms with Crippen LogP contribution in [0.3, 0.4) is 0 Å². The number of amides is 1. The van der Waals surface area contributed by atoms with Crippen LogP contribution in [-0.2, 0) is 4.79 Å². The predicted molar refractivity (Wildman–Crippen MR) is 60.5 cm³/mol. The molecule has 1 aromatic heterocycles. The van der Waals surface area contributed by atoms with Crippen LogP contribution < -0.4 is 0 Å². The Kier molecular flexibility index (Phi) is 3.36. The molecule has 2 rings (SSSR count). The Morgan fingerprint density at radius 1 is 1.73 bits per heavy atom. The van der Waals surface area contributed by atoms with Crippen LogP contribution in [-0.4, -0.2) is 23.1 Å². The normalized spacial score (nSPS) is 20.9. The van der Waals surface area contributed by atoms with Crippen molar-refractivity contribution in [3.63, 3.8) is 0 Å². The van der Waals surface area contributed by atoms with Gasteiger partial charge in [-0.05, 0) is 18.6 Å². The fourth-order valence-corrected chi connectivity index (χ4v) is 2.98. The maximum absolute atomic E-state index is 11.8. The van der Waals surface area contributed by atoms with E-state index in [0.717, 1.165) is 24.5 Å². The summed E-state index contributed by atoms with van der Waals surface area (Å²) < 4.78 is 5.36. The average Bonchev–Trinajstić information content (AvgIpc) is 2.88. The fourth-order valence-electron chi connectivity index (χ4n) is 1.75. The van der Waals surface area contributed by atoms with Gasteiger partial charge in [-0.15, -0.1) is 11.8 Å². The monoisotopic (exact) mass is 225 g/mol. The maximum Gasteiger partial charge on any atom is 0.223 e. The molecular formula is C11H15NO2S. The summed E-state index contributed by atoms with van der Waals surface area (Å²) in [5, 5.41) is 0.0963. The van der Waals surface area contributed by atoms with E-state index < -0.39 is 0 Å². The van der Waals surface area contributed by atoms with Gasteiger partial charge >= 0.3 is 0 Å². The topological polar surface area (TPSA) is 33.5 Å². The predicted octanol–water partition coefficient (Wildman–Crippen LogP) is 2.65. The zero-order valence-corrected chi connectivity index (χ0v) is 9.63. The first-order valence-electron chi connectivity index (χ1n) is 5.27. The highest BCUT2D eigenvalue weighted by Gasteiger charge is 2.31. The van der Waals surface area contributed by atoms with Crippen LogP contribution >= 0.6 is 11.8 Å². The van der Waals surface area contributed by atoms with E-state index in [1.54, 1.807) is 18.0 Å². The van der Waals surface area contributed by atoms with Crippen molar-refractivity contribution in [2.24, 2.45) is 0 Å². The molecule has 0 aromatic carbocycles. The van der Waals surface area contributed by atoms with Gasteiger partial charge in [-0.25, -0.2) is 0 Å². The number of carbonyl (C=O) groups excluding carboxylic acids is 1. The molecule has 1 amide bonds. The third-order valence-corrected chi connectivity index (χ3v) is 3.68. The molecule has 1 aliphatic rings. The second-order valence-corrected chi connectivity index (χ2v) is 4.76. The Bertz CT molecular complexity index is 323. The number of carbonyl (C=O) groups is 1. The van der Waals surface area contributed by atoms with Crippen LogP contribution in [0.4, 0.5) is 0 Å². The van der Waals surface area contributed by atoms with E-state index in [2.05, 4.69) is 0 Å². The molecule has 82 valence electrons. The first-order chi connectivity index (χ1) is 7.33. The lowest BCUT2D eigenvalue weighted by atomic mass is 10.3. The molecule has 0 N–H and O–H groups in total. The molecule has 1 atom stereocenters. The molecule has 0 radical (unpaired) electrons. The van der Waals surface area contributed by atoms with Crippen molar-refractivity contribution in [3.8, 4) is 0 Å². The lowest BCUT2D eigenvalue weighted by Gasteiger charge is -2.21. The number of nitrogens with zero attached hydrogens (tertiary/aromatic N) is 1. The summed E-state index contributed by atoms with van der Waals surface area (Å²) >= 11 is 1.77. The summed E-state index contributed by atoms with van der Waals surface area (Å²) in [6.07, 6.45) is 3.21. The lowest BCUT2D eigenvalue weighted by Crippen LogP contribution is -2.29. The van der Waals surface area contributed by atoms with E-state index in [4.69, 9.17) is 4.42 Å². The van der Waals surface area contributed by atoms with Gasteiger partial charge in [0.15, 0.2) is 0 Å². The average molecular weight is 225 g/mol. The smallest absolute Gasteiger partial charge is 0.223 e. The minimum absolute atomic E-state index is 0.0963. The van der Waals surface area contributed by atoms with Gasteiger partial charge in [0.25, 0.3) is 0 Å². The van der Waals surface area contributed by atoms with Crippen molar-refractivity contribution in [3.05, 3.63) is 24.2 Å². The molecule has 15 heavy (non-hydrogen) atoms. The third kappa shape index (κ3) is 2.20. The summed E-state index contributed by atoms with van der Waals surface area (Å²) in [5.74, 6) is 2.13. The number of hydrogen-bond acceptors (Lipinski definition) is 3. The first-order valence-corrected chi connectivity index (χ1v) is 6.32. The molecule has 3 nitrogen and oxygen atoms in total. The van der Waals surface area contributed by atoms with E-state index in [-0.39, 0.29) is 11.3 Å². The van der Waals surface area contributed by atoms with Crippen LogP contribution in [0.15, 0.2) is 22.8 Å². The van der Waals surface area contributed by atoms with Crippen LogP contribution in [0.5, 0.6) is 0 Å². The van der Waals surface area contributed by atoms with E-state index in [1.807, 2.05) is 24.0 Å². The van der Waals surface area contributed by atoms with E-state index >= 15 is 0 Å². The molecule has 0 saturated carbocycles. The van der Waals surface area contributed by atoms with Crippen molar-refractivity contribution in [2.75, 3.05) is 12.3 Å². The van der Waals surface area contributed by atoms with Gasteiger partial charge < -0.3 is 9.32 Å². The minimum Gasteiger partial charge on any atom is -0.466 e. The van der Waals surface area contributed by atoms with E-state index in [9.17, 15) is 4.79 Å². The lowest BCUT2D eigenvalue weighted by molar-refractivity contribution is -0.131. The standard InChI is InChI=1S/C11H15NO2S/c1-2-4-10(13)12-6-8-15-11(12)9-5-3-7-14-9/h3,5,7,11H,2,4,6,8H2,1H3/t11-/m1/s1. The summed E-state index contributed by atoms with van der Waals surface area (Å²) in [6.45, 7) is 2.87. The van der Waals surface area contributed by atoms with Gasteiger partial charge in [-0.1, -0.05) is 6.92 Å². The van der Waals surface area contributed by atoms with Crippen molar-refractivity contribution >= 4 is 17.7 Å². The van der Waals surface area contributed by atoms with Gasteiger partial charge in [0.1, 0.15) is 11.1 Å². The van der Waals surface area contributed by atoms with Gasteiger partial charge in [-0.2, -0.15) is 0 Å². The largest absolute Gasteiger partial charge is 0.466 e. The fraction of sp³-hybridized carbons (Fsp3) is 0.545. The molecule has 2 heterocycles. The Hall–Kier alpha value is -0.900. The van der Waals surface area contributed by atoms with E-state index in [1.165, 1.54) is 0 Å². The zero-order chi connectivity index (χ0) is 10.7. The van der Waals surface area contributed by atoms with Crippen LogP contribution in [0.2, 0.25) is 0 Å². The summed E-state index contributed by atoms with van der Waals surface area (Å²) in [4.78, 5) is 13.7. The number of thioether (sulfide) groups is 1. The van der Waals surface area contributed by atoms with Crippen LogP contribution in [0, 0.1) is 0 Å². The molecule has 1 aromatic rings. The maximum atomic E-state index is 11.8. The SMILES string of the molecule is CCCC(=O)N1CCS[C@@H]1c1ccco1. The second-order valence-electron chi connectivity index (χ2n) is 3.58. The molecule has 1 saturated heterocycles. The molecule has 0 spiro atoms.